The Hall–Kier alpha value is -1.55. The summed E-state index contributed by atoms with van der Waals surface area (Å²) in [7, 11) is 0. The minimum atomic E-state index is 0.0346. The van der Waals surface area contributed by atoms with E-state index >= 15 is 0 Å². The molecule has 0 amide bonds. The largest absolute Gasteiger partial charge is 0.457 e. The molecule has 4 heteroatoms. The first-order valence-electron chi connectivity index (χ1n) is 6.59. The van der Waals surface area contributed by atoms with Crippen LogP contribution in [0.2, 0.25) is 5.02 Å². The van der Waals surface area contributed by atoms with E-state index in [1.54, 1.807) is 0 Å². The molecule has 0 radical (unpaired) electrons. The lowest BCUT2D eigenvalue weighted by Crippen LogP contribution is -2.12. The molecule has 0 atom stereocenters. The van der Waals surface area contributed by atoms with Crippen molar-refractivity contribution in [3.05, 3.63) is 58.6 Å². The quantitative estimate of drug-likeness (QED) is 0.852. The summed E-state index contributed by atoms with van der Waals surface area (Å²) < 4.78 is 5.88. The average molecular weight is 292 g/mol. The molecule has 0 aliphatic rings. The Labute approximate surface area is 124 Å². The van der Waals surface area contributed by atoms with E-state index in [4.69, 9.17) is 21.4 Å². The van der Waals surface area contributed by atoms with Gasteiger partial charge in [-0.3, -0.25) is 0 Å². The molecule has 2 N–H and O–H groups in total. The Morgan fingerprint density at radius 2 is 1.90 bits per heavy atom. The fourth-order valence-corrected chi connectivity index (χ4v) is 2.03. The van der Waals surface area contributed by atoms with E-state index < -0.39 is 0 Å². The van der Waals surface area contributed by atoms with Gasteiger partial charge in [-0.15, -0.1) is 0 Å². The average Bonchev–Trinajstić information content (AvgIpc) is 2.48. The maximum atomic E-state index is 9.03. The summed E-state index contributed by atoms with van der Waals surface area (Å²) >= 11 is 6.03. The molecule has 0 bridgehead atoms. The molecular formula is C16H18ClNO2. The highest BCUT2D eigenvalue weighted by Crippen LogP contribution is 2.28. The molecule has 3 nitrogen and oxygen atoms in total. The number of ether oxygens (including phenoxy) is 1. The molecule has 2 rings (SSSR count). The van der Waals surface area contributed by atoms with Gasteiger partial charge >= 0.3 is 0 Å². The molecular weight excluding hydrogens is 274 g/mol. The molecule has 0 aromatic heterocycles. The number of nitrogens with one attached hydrogen (secondary N) is 1. The van der Waals surface area contributed by atoms with Gasteiger partial charge in [0.15, 0.2) is 0 Å². The Morgan fingerprint density at radius 3 is 2.55 bits per heavy atom. The molecule has 0 heterocycles. The third kappa shape index (κ3) is 3.97. The van der Waals surface area contributed by atoms with Gasteiger partial charge in [-0.05, 0) is 42.4 Å². The normalized spacial score (nSPS) is 10.6. The predicted molar refractivity (Wildman–Crippen MR) is 81.3 cm³/mol. The van der Waals surface area contributed by atoms with E-state index in [-0.39, 0.29) is 6.61 Å². The fourth-order valence-electron chi connectivity index (χ4n) is 1.84. The summed E-state index contributed by atoms with van der Waals surface area (Å²) in [6.45, 7) is 3.68. The lowest BCUT2D eigenvalue weighted by atomic mass is 10.2. The molecule has 0 saturated heterocycles. The summed E-state index contributed by atoms with van der Waals surface area (Å²) in [5, 5.41) is 13.0. The van der Waals surface area contributed by atoms with Gasteiger partial charge < -0.3 is 15.2 Å². The second kappa shape index (κ2) is 7.29. The zero-order valence-electron chi connectivity index (χ0n) is 11.4. The van der Waals surface area contributed by atoms with Crippen LogP contribution in [0.5, 0.6) is 11.5 Å². The number of halogens is 1. The van der Waals surface area contributed by atoms with E-state index in [0.29, 0.717) is 11.6 Å². The van der Waals surface area contributed by atoms with E-state index in [9.17, 15) is 0 Å². The molecule has 0 saturated carbocycles. The van der Waals surface area contributed by atoms with Crippen molar-refractivity contribution < 1.29 is 9.84 Å². The first-order chi connectivity index (χ1) is 9.72. The Kier molecular flexibility index (Phi) is 5.41. The van der Waals surface area contributed by atoms with E-state index in [1.165, 1.54) is 0 Å². The Morgan fingerprint density at radius 1 is 1.15 bits per heavy atom. The predicted octanol–water partition coefficient (Wildman–Crippen LogP) is 3.73. The van der Waals surface area contributed by atoms with Crippen LogP contribution in [0.15, 0.2) is 42.5 Å². The first-order valence-corrected chi connectivity index (χ1v) is 6.97. The van der Waals surface area contributed by atoms with Crippen LogP contribution in [0.1, 0.15) is 18.1 Å². The first kappa shape index (κ1) is 14.9. The van der Waals surface area contributed by atoms with Crippen LogP contribution in [0.3, 0.4) is 0 Å². The van der Waals surface area contributed by atoms with Crippen LogP contribution in [0.25, 0.3) is 0 Å². The number of aliphatic hydroxyl groups excluding tert-OH is 1. The molecule has 0 aliphatic heterocycles. The van der Waals surface area contributed by atoms with Gasteiger partial charge in [0.05, 0.1) is 6.61 Å². The van der Waals surface area contributed by atoms with Crippen molar-refractivity contribution in [2.75, 3.05) is 6.54 Å². The van der Waals surface area contributed by atoms with E-state index in [0.717, 1.165) is 29.2 Å². The van der Waals surface area contributed by atoms with Crippen LogP contribution in [0.4, 0.5) is 0 Å². The Balaban J connectivity index is 2.18. The molecule has 0 spiro atoms. The minimum absolute atomic E-state index is 0.0346. The molecule has 20 heavy (non-hydrogen) atoms. The molecule has 2 aromatic carbocycles. The van der Waals surface area contributed by atoms with Gasteiger partial charge in [0.1, 0.15) is 11.5 Å². The van der Waals surface area contributed by atoms with Crippen molar-refractivity contribution >= 4 is 11.6 Å². The van der Waals surface area contributed by atoms with Gasteiger partial charge in [0.25, 0.3) is 0 Å². The Bertz CT molecular complexity index is 555. The lowest BCUT2D eigenvalue weighted by molar-refractivity contribution is 0.281. The minimum Gasteiger partial charge on any atom is -0.457 e. The smallest absolute Gasteiger partial charge is 0.132 e. The molecule has 0 fully saturated rings. The van der Waals surface area contributed by atoms with Crippen molar-refractivity contribution in [1.29, 1.82) is 0 Å². The summed E-state index contributed by atoms with van der Waals surface area (Å²) in [6.07, 6.45) is 0. The molecule has 0 aliphatic carbocycles. The summed E-state index contributed by atoms with van der Waals surface area (Å²) in [5.74, 6) is 1.52. The third-order valence-corrected chi connectivity index (χ3v) is 3.16. The zero-order valence-corrected chi connectivity index (χ0v) is 12.2. The third-order valence-electron chi connectivity index (χ3n) is 2.92. The van der Waals surface area contributed by atoms with Crippen molar-refractivity contribution in [1.82, 2.24) is 5.32 Å². The number of hydrogen-bond donors (Lipinski definition) is 2. The van der Waals surface area contributed by atoms with Crippen LogP contribution in [-0.4, -0.2) is 11.7 Å². The topological polar surface area (TPSA) is 41.5 Å². The van der Waals surface area contributed by atoms with E-state index in [1.807, 2.05) is 42.5 Å². The summed E-state index contributed by atoms with van der Waals surface area (Å²) in [4.78, 5) is 0. The molecule has 0 unspecified atom stereocenters. The van der Waals surface area contributed by atoms with E-state index in [2.05, 4.69) is 12.2 Å². The maximum absolute atomic E-state index is 9.03. The van der Waals surface area contributed by atoms with Crippen molar-refractivity contribution in [3.63, 3.8) is 0 Å². The number of hydrogen-bond acceptors (Lipinski definition) is 3. The zero-order chi connectivity index (χ0) is 14.4. The highest BCUT2D eigenvalue weighted by molar-refractivity contribution is 6.30. The van der Waals surface area contributed by atoms with Gasteiger partial charge in [0, 0.05) is 17.1 Å². The SMILES string of the molecule is CCNCc1cc(Cl)ccc1Oc1ccc(CO)cc1. The summed E-state index contributed by atoms with van der Waals surface area (Å²) in [5.41, 5.74) is 1.88. The van der Waals surface area contributed by atoms with Crippen LogP contribution >= 0.6 is 11.6 Å². The van der Waals surface area contributed by atoms with Gasteiger partial charge in [0.2, 0.25) is 0 Å². The molecule has 106 valence electrons. The van der Waals surface area contributed by atoms with Crippen molar-refractivity contribution in [3.8, 4) is 11.5 Å². The van der Waals surface area contributed by atoms with Gasteiger partial charge in [-0.25, -0.2) is 0 Å². The van der Waals surface area contributed by atoms with Crippen molar-refractivity contribution in [2.24, 2.45) is 0 Å². The highest BCUT2D eigenvalue weighted by Gasteiger charge is 2.06. The number of rotatable bonds is 6. The van der Waals surface area contributed by atoms with Gasteiger partial charge in [-0.2, -0.15) is 0 Å². The maximum Gasteiger partial charge on any atom is 0.132 e. The standard InChI is InChI=1S/C16H18ClNO2/c1-2-18-10-13-9-14(17)5-8-16(13)20-15-6-3-12(11-19)4-7-15/h3-9,18-19H,2,10-11H2,1H3. The second-order valence-corrected chi connectivity index (χ2v) is 4.87. The lowest BCUT2D eigenvalue weighted by Gasteiger charge is -2.12. The van der Waals surface area contributed by atoms with Crippen molar-refractivity contribution in [2.45, 2.75) is 20.1 Å². The summed E-state index contributed by atoms with van der Waals surface area (Å²) in [6, 6.07) is 13.0. The number of aliphatic hydroxyl groups is 1. The van der Waals surface area contributed by atoms with Crippen LogP contribution < -0.4 is 10.1 Å². The highest BCUT2D eigenvalue weighted by atomic mass is 35.5. The van der Waals surface area contributed by atoms with Crippen LogP contribution in [0, 0.1) is 0 Å². The monoisotopic (exact) mass is 291 g/mol. The second-order valence-electron chi connectivity index (χ2n) is 4.44. The molecule has 2 aromatic rings. The van der Waals surface area contributed by atoms with Gasteiger partial charge in [-0.1, -0.05) is 30.7 Å². The number of benzene rings is 2. The van der Waals surface area contributed by atoms with Crippen LogP contribution in [-0.2, 0) is 13.2 Å². The fraction of sp³-hybridized carbons (Fsp3) is 0.250.